The van der Waals surface area contributed by atoms with Gasteiger partial charge in [0.05, 0.1) is 16.7 Å². The highest BCUT2D eigenvalue weighted by Crippen LogP contribution is 2.22. The highest BCUT2D eigenvalue weighted by molar-refractivity contribution is 7.11. The molecule has 9 heteroatoms. The number of halogens is 1. The summed E-state index contributed by atoms with van der Waals surface area (Å²) in [5, 5.41) is 12.0. The largest absolute Gasteiger partial charge is 0.466 e. The number of benzene rings is 1. The van der Waals surface area contributed by atoms with Crippen molar-refractivity contribution >= 4 is 23.1 Å². The molecule has 3 rings (SSSR count). The molecular weight excluding hydrogens is 405 g/mol. The minimum absolute atomic E-state index is 0.161. The van der Waals surface area contributed by atoms with Crippen LogP contribution < -0.4 is 15.0 Å². The third-order valence-corrected chi connectivity index (χ3v) is 5.33. The zero-order valence-electron chi connectivity index (χ0n) is 17.3. The number of nitrogens with zero attached hydrogens (tertiary/aromatic N) is 4. The fourth-order valence-electron chi connectivity index (χ4n) is 2.98. The number of carbonyl (C=O) groups is 1. The number of nitrogens with one attached hydrogen (secondary N) is 1. The quantitative estimate of drug-likeness (QED) is 0.590. The molecule has 0 fully saturated rings. The first-order chi connectivity index (χ1) is 14.3. The molecule has 2 heterocycles. The second kappa shape index (κ2) is 9.62. The molecule has 0 aliphatic heterocycles. The van der Waals surface area contributed by atoms with Crippen LogP contribution in [0.1, 0.15) is 34.1 Å². The lowest BCUT2D eigenvalue weighted by molar-refractivity contribution is -0.123. The van der Waals surface area contributed by atoms with E-state index in [1.807, 2.05) is 32.7 Å². The van der Waals surface area contributed by atoms with Crippen LogP contribution in [0.2, 0.25) is 0 Å². The van der Waals surface area contributed by atoms with Crippen LogP contribution in [0.4, 0.5) is 10.2 Å². The SMILES string of the molecule is Cc1nc([C@H](C)NC(=O)COc2ccc(N(C)Cc3ccc(F)cc3)nn2)c(C)s1. The molecule has 2 aromatic heterocycles. The van der Waals surface area contributed by atoms with Crippen molar-refractivity contribution in [3.63, 3.8) is 0 Å². The summed E-state index contributed by atoms with van der Waals surface area (Å²) in [7, 11) is 1.87. The van der Waals surface area contributed by atoms with Crippen molar-refractivity contribution in [2.75, 3.05) is 18.6 Å². The van der Waals surface area contributed by atoms with Crippen LogP contribution >= 0.6 is 11.3 Å². The Morgan fingerprint density at radius 2 is 1.93 bits per heavy atom. The summed E-state index contributed by atoms with van der Waals surface area (Å²) in [6, 6.07) is 9.53. The maximum Gasteiger partial charge on any atom is 0.258 e. The van der Waals surface area contributed by atoms with Gasteiger partial charge in [-0.1, -0.05) is 12.1 Å². The molecule has 3 aromatic rings. The van der Waals surface area contributed by atoms with Gasteiger partial charge in [0.25, 0.3) is 5.91 Å². The predicted molar refractivity (Wildman–Crippen MR) is 114 cm³/mol. The van der Waals surface area contributed by atoms with E-state index in [1.165, 1.54) is 12.1 Å². The average Bonchev–Trinajstić information content (AvgIpc) is 3.06. The first-order valence-electron chi connectivity index (χ1n) is 9.47. The molecule has 0 aliphatic rings. The summed E-state index contributed by atoms with van der Waals surface area (Å²) in [4.78, 5) is 19.6. The van der Waals surface area contributed by atoms with Crippen LogP contribution in [-0.2, 0) is 11.3 Å². The maximum atomic E-state index is 13.0. The van der Waals surface area contributed by atoms with Gasteiger partial charge in [-0.05, 0) is 44.5 Å². The lowest BCUT2D eigenvalue weighted by Gasteiger charge is -2.17. The molecule has 0 radical (unpaired) electrons. The molecule has 0 bridgehead atoms. The molecule has 0 saturated heterocycles. The van der Waals surface area contributed by atoms with Crippen LogP contribution in [0.25, 0.3) is 0 Å². The Kier molecular flexibility index (Phi) is 6.94. The van der Waals surface area contributed by atoms with Gasteiger partial charge >= 0.3 is 0 Å². The van der Waals surface area contributed by atoms with E-state index in [0.29, 0.717) is 12.4 Å². The molecule has 1 amide bonds. The summed E-state index contributed by atoms with van der Waals surface area (Å²) in [5.74, 6) is 0.376. The molecule has 1 N–H and O–H groups in total. The van der Waals surface area contributed by atoms with Crippen LogP contribution in [-0.4, -0.2) is 34.7 Å². The lowest BCUT2D eigenvalue weighted by Crippen LogP contribution is -2.31. The van der Waals surface area contributed by atoms with E-state index in [-0.39, 0.29) is 30.3 Å². The summed E-state index contributed by atoms with van der Waals surface area (Å²) in [6.07, 6.45) is 0. The molecule has 1 atom stereocenters. The molecule has 0 aliphatic carbocycles. The van der Waals surface area contributed by atoms with Gasteiger partial charge in [-0.25, -0.2) is 9.37 Å². The minimum atomic E-state index is -0.266. The van der Waals surface area contributed by atoms with Gasteiger partial charge in [0.2, 0.25) is 5.88 Å². The monoisotopic (exact) mass is 429 g/mol. The summed E-state index contributed by atoms with van der Waals surface area (Å²) >= 11 is 1.61. The predicted octanol–water partition coefficient (Wildman–Crippen LogP) is 3.58. The highest BCUT2D eigenvalue weighted by atomic mass is 32.1. The average molecular weight is 430 g/mol. The van der Waals surface area contributed by atoms with Crippen molar-refractivity contribution in [2.45, 2.75) is 33.4 Å². The zero-order chi connectivity index (χ0) is 21.7. The topological polar surface area (TPSA) is 80.2 Å². The van der Waals surface area contributed by atoms with E-state index in [2.05, 4.69) is 20.5 Å². The number of thiazole rings is 1. The molecule has 1 aromatic carbocycles. The van der Waals surface area contributed by atoms with Gasteiger partial charge in [-0.3, -0.25) is 4.79 Å². The first-order valence-corrected chi connectivity index (χ1v) is 10.3. The first kappa shape index (κ1) is 21.6. The smallest absolute Gasteiger partial charge is 0.258 e. The number of amides is 1. The van der Waals surface area contributed by atoms with Crippen LogP contribution in [0.5, 0.6) is 5.88 Å². The van der Waals surface area contributed by atoms with Crippen LogP contribution in [0.3, 0.4) is 0 Å². The van der Waals surface area contributed by atoms with E-state index in [1.54, 1.807) is 35.6 Å². The Labute approximate surface area is 178 Å². The van der Waals surface area contributed by atoms with Gasteiger partial charge in [0.15, 0.2) is 12.4 Å². The minimum Gasteiger partial charge on any atom is -0.466 e. The van der Waals surface area contributed by atoms with E-state index in [9.17, 15) is 9.18 Å². The van der Waals surface area contributed by atoms with Crippen molar-refractivity contribution in [1.29, 1.82) is 0 Å². The number of aryl methyl sites for hydroxylation is 2. The lowest BCUT2D eigenvalue weighted by atomic mass is 10.2. The number of aromatic nitrogens is 3. The number of rotatable bonds is 8. The Bertz CT molecular complexity index is 992. The van der Waals surface area contributed by atoms with Crippen molar-refractivity contribution in [3.05, 3.63) is 63.4 Å². The number of carbonyl (C=O) groups excluding carboxylic acids is 1. The summed E-state index contributed by atoms with van der Waals surface area (Å²) in [6.45, 7) is 6.23. The van der Waals surface area contributed by atoms with Crippen molar-refractivity contribution in [3.8, 4) is 5.88 Å². The molecule has 30 heavy (non-hydrogen) atoms. The molecule has 7 nitrogen and oxygen atoms in total. The fraction of sp³-hybridized carbons (Fsp3) is 0.333. The van der Waals surface area contributed by atoms with E-state index in [4.69, 9.17) is 4.74 Å². The maximum absolute atomic E-state index is 13.0. The molecule has 0 unspecified atom stereocenters. The van der Waals surface area contributed by atoms with E-state index < -0.39 is 0 Å². The van der Waals surface area contributed by atoms with E-state index in [0.717, 1.165) is 21.1 Å². The van der Waals surface area contributed by atoms with Crippen LogP contribution in [0.15, 0.2) is 36.4 Å². The van der Waals surface area contributed by atoms with Crippen molar-refractivity contribution in [2.24, 2.45) is 0 Å². The van der Waals surface area contributed by atoms with Crippen molar-refractivity contribution < 1.29 is 13.9 Å². The third-order valence-electron chi connectivity index (χ3n) is 4.43. The highest BCUT2D eigenvalue weighted by Gasteiger charge is 2.16. The van der Waals surface area contributed by atoms with Gasteiger partial charge < -0.3 is 15.0 Å². The second-order valence-electron chi connectivity index (χ2n) is 6.96. The standard InChI is InChI=1S/C21H24FN5O2S/c1-13(21-14(2)30-15(3)24-21)23-19(28)12-29-20-10-9-18(25-26-20)27(4)11-16-5-7-17(22)8-6-16/h5-10,13H,11-12H2,1-4H3,(H,23,28)/t13-/m0/s1. The number of hydrogen-bond acceptors (Lipinski definition) is 7. The second-order valence-corrected chi connectivity index (χ2v) is 8.37. The number of anilines is 1. The van der Waals surface area contributed by atoms with Gasteiger partial charge in [-0.15, -0.1) is 21.5 Å². The molecule has 158 valence electrons. The zero-order valence-corrected chi connectivity index (χ0v) is 18.2. The summed E-state index contributed by atoms with van der Waals surface area (Å²) < 4.78 is 18.5. The molecule has 0 saturated carbocycles. The van der Waals surface area contributed by atoms with E-state index >= 15 is 0 Å². The molecular formula is C21H24FN5O2S. The van der Waals surface area contributed by atoms with Gasteiger partial charge in [0, 0.05) is 24.5 Å². The normalized spacial score (nSPS) is 11.8. The Morgan fingerprint density at radius 1 is 1.20 bits per heavy atom. The summed E-state index contributed by atoms with van der Waals surface area (Å²) in [5.41, 5.74) is 1.83. The Balaban J connectivity index is 1.49. The number of hydrogen-bond donors (Lipinski definition) is 1. The van der Waals surface area contributed by atoms with Gasteiger partial charge in [-0.2, -0.15) is 0 Å². The fourth-order valence-corrected chi connectivity index (χ4v) is 3.89. The third kappa shape index (κ3) is 5.73. The number of ether oxygens (including phenoxy) is 1. The Hall–Kier alpha value is -3.07. The van der Waals surface area contributed by atoms with Crippen LogP contribution in [0, 0.1) is 19.7 Å². The van der Waals surface area contributed by atoms with Crippen molar-refractivity contribution in [1.82, 2.24) is 20.5 Å². The van der Waals surface area contributed by atoms with Gasteiger partial charge in [0.1, 0.15) is 5.82 Å². The Morgan fingerprint density at radius 3 is 2.53 bits per heavy atom. The molecule has 0 spiro atoms.